The van der Waals surface area contributed by atoms with Crippen molar-refractivity contribution < 1.29 is 0 Å². The van der Waals surface area contributed by atoms with Gasteiger partial charge in [0.25, 0.3) is 0 Å². The zero-order valence-corrected chi connectivity index (χ0v) is 18.8. The second-order valence-corrected chi connectivity index (χ2v) is 9.45. The summed E-state index contributed by atoms with van der Waals surface area (Å²) < 4.78 is 0. The van der Waals surface area contributed by atoms with E-state index in [0.29, 0.717) is 0 Å². The monoisotopic (exact) mass is 374 g/mol. The van der Waals surface area contributed by atoms with Gasteiger partial charge >= 0.3 is 0 Å². The third-order valence-corrected chi connectivity index (χ3v) is 7.08. The van der Waals surface area contributed by atoms with Gasteiger partial charge < -0.3 is 0 Å². The van der Waals surface area contributed by atoms with Crippen LogP contribution in [-0.2, 0) is 0 Å². The Bertz CT molecular complexity index is 218. The van der Waals surface area contributed by atoms with Gasteiger partial charge in [-0.25, -0.2) is 0 Å². The molecule has 0 aliphatic carbocycles. The minimum absolute atomic E-state index is 0.895. The van der Waals surface area contributed by atoms with Gasteiger partial charge in [-0.15, -0.1) is 0 Å². The fourth-order valence-corrected chi connectivity index (χ4v) is 5.27. The molecule has 0 nitrogen and oxygen atoms in total. The van der Waals surface area contributed by atoms with E-state index in [-0.39, 0.29) is 0 Å². The molecular formula is C22H46S2. The highest BCUT2D eigenvalue weighted by atomic mass is 32.2. The van der Waals surface area contributed by atoms with Crippen LogP contribution in [0.2, 0.25) is 0 Å². The molecule has 0 heterocycles. The first-order valence-electron chi connectivity index (χ1n) is 10.9. The van der Waals surface area contributed by atoms with Crippen LogP contribution in [0.5, 0.6) is 0 Å². The summed E-state index contributed by atoms with van der Waals surface area (Å²) in [4.78, 5) is 0. The van der Waals surface area contributed by atoms with Gasteiger partial charge in [-0.2, -0.15) is 23.5 Å². The van der Waals surface area contributed by atoms with Gasteiger partial charge in [0.1, 0.15) is 0 Å². The maximum atomic E-state index is 2.30. The fourth-order valence-electron chi connectivity index (χ4n) is 3.38. The molecule has 0 bridgehead atoms. The van der Waals surface area contributed by atoms with E-state index in [0.717, 1.165) is 5.25 Å². The molecule has 0 saturated heterocycles. The molecule has 146 valence electrons. The Kier molecular flexibility index (Phi) is 22.4. The van der Waals surface area contributed by atoms with Crippen LogP contribution in [-0.4, -0.2) is 23.5 Å². The lowest BCUT2D eigenvalue weighted by molar-refractivity contribution is 0.527. The number of hydrogen-bond acceptors (Lipinski definition) is 2. The van der Waals surface area contributed by atoms with E-state index in [1.165, 1.54) is 115 Å². The van der Waals surface area contributed by atoms with Crippen LogP contribution in [0.15, 0.2) is 0 Å². The highest BCUT2D eigenvalue weighted by Crippen LogP contribution is 2.20. The Morgan fingerprint density at radius 3 is 1.25 bits per heavy atom. The zero-order valence-electron chi connectivity index (χ0n) is 17.1. The molecule has 0 fully saturated rings. The molecule has 0 aliphatic heterocycles. The van der Waals surface area contributed by atoms with Gasteiger partial charge in [-0.3, -0.25) is 0 Å². The van der Waals surface area contributed by atoms with Gasteiger partial charge in [0, 0.05) is 11.0 Å². The fraction of sp³-hybridized carbons (Fsp3) is 1.00. The van der Waals surface area contributed by atoms with Gasteiger partial charge in [-0.05, 0) is 18.9 Å². The van der Waals surface area contributed by atoms with Crippen molar-refractivity contribution in [3.63, 3.8) is 0 Å². The molecule has 0 radical (unpaired) electrons. The Labute approximate surface area is 163 Å². The molecule has 0 aromatic carbocycles. The second-order valence-electron chi connectivity index (χ2n) is 7.41. The normalized spacial score (nSPS) is 12.6. The number of unbranched alkanes of at least 4 members (excludes halogenated alkanes) is 15. The van der Waals surface area contributed by atoms with E-state index in [9.17, 15) is 0 Å². The van der Waals surface area contributed by atoms with Crippen molar-refractivity contribution in [2.45, 2.75) is 121 Å². The van der Waals surface area contributed by atoms with Crippen molar-refractivity contribution >= 4 is 23.5 Å². The van der Waals surface area contributed by atoms with Crippen molar-refractivity contribution in [3.05, 3.63) is 0 Å². The van der Waals surface area contributed by atoms with Crippen LogP contribution >= 0.6 is 23.5 Å². The molecule has 0 aromatic heterocycles. The molecule has 0 aromatic rings. The number of thioether (sulfide) groups is 2. The zero-order chi connectivity index (χ0) is 17.7. The first-order chi connectivity index (χ1) is 11.8. The lowest BCUT2D eigenvalue weighted by Gasteiger charge is -2.12. The number of hydrogen-bond donors (Lipinski definition) is 0. The molecule has 0 N–H and O–H groups in total. The summed E-state index contributed by atoms with van der Waals surface area (Å²) in [6.45, 7) is 2.30. The van der Waals surface area contributed by atoms with Gasteiger partial charge in [0.2, 0.25) is 0 Å². The van der Waals surface area contributed by atoms with Crippen LogP contribution in [0, 0.1) is 0 Å². The average Bonchev–Trinajstić information content (AvgIpc) is 2.60. The smallest absolute Gasteiger partial charge is 0.0135 e. The van der Waals surface area contributed by atoms with Crippen molar-refractivity contribution in [1.82, 2.24) is 0 Å². The molecule has 0 spiro atoms. The molecule has 0 rings (SSSR count). The maximum absolute atomic E-state index is 2.30. The first kappa shape index (κ1) is 24.7. The van der Waals surface area contributed by atoms with Crippen LogP contribution in [0.3, 0.4) is 0 Å². The summed E-state index contributed by atoms with van der Waals surface area (Å²) in [5, 5.41) is 0.895. The Hall–Kier alpha value is 0.700. The number of rotatable bonds is 20. The summed E-state index contributed by atoms with van der Waals surface area (Å²) >= 11 is 4.06. The van der Waals surface area contributed by atoms with Crippen molar-refractivity contribution in [3.8, 4) is 0 Å². The molecule has 24 heavy (non-hydrogen) atoms. The van der Waals surface area contributed by atoms with E-state index in [2.05, 4.69) is 31.2 Å². The van der Waals surface area contributed by atoms with Gasteiger partial charge in [0.05, 0.1) is 0 Å². The summed E-state index contributed by atoms with van der Waals surface area (Å²) in [7, 11) is 0. The van der Waals surface area contributed by atoms with Gasteiger partial charge in [-0.1, -0.05) is 110 Å². The summed E-state index contributed by atoms with van der Waals surface area (Å²) in [6.07, 6.45) is 29.4. The molecule has 2 heteroatoms. The summed E-state index contributed by atoms with van der Waals surface area (Å²) in [6, 6.07) is 0. The van der Waals surface area contributed by atoms with E-state index in [4.69, 9.17) is 0 Å². The lowest BCUT2D eigenvalue weighted by atomic mass is 10.0. The summed E-state index contributed by atoms with van der Waals surface area (Å²) in [5.41, 5.74) is 0. The Morgan fingerprint density at radius 1 is 0.542 bits per heavy atom. The van der Waals surface area contributed by atoms with Crippen molar-refractivity contribution in [2.24, 2.45) is 0 Å². The first-order valence-corrected chi connectivity index (χ1v) is 13.5. The Balaban J connectivity index is 3.07. The predicted molar refractivity (Wildman–Crippen MR) is 120 cm³/mol. The molecular weight excluding hydrogens is 328 g/mol. The molecule has 1 atom stereocenters. The van der Waals surface area contributed by atoms with Crippen LogP contribution in [0.25, 0.3) is 0 Å². The minimum atomic E-state index is 0.895. The molecule has 0 amide bonds. The molecule has 1 unspecified atom stereocenters. The highest BCUT2D eigenvalue weighted by Gasteiger charge is 2.05. The quantitative estimate of drug-likeness (QED) is 0.195. The third kappa shape index (κ3) is 19.0. The predicted octanol–water partition coefficient (Wildman–Crippen LogP) is 8.73. The van der Waals surface area contributed by atoms with E-state index in [1.807, 2.05) is 11.8 Å². The molecule has 0 aliphatic rings. The lowest BCUT2D eigenvalue weighted by Crippen LogP contribution is -2.04. The largest absolute Gasteiger partial charge is 0.164 e. The summed E-state index contributed by atoms with van der Waals surface area (Å²) in [5.74, 6) is 1.33. The molecule has 0 saturated carbocycles. The van der Waals surface area contributed by atoms with Crippen molar-refractivity contribution in [2.75, 3.05) is 18.3 Å². The standard InChI is InChI=1S/C22H46S2/c1-4-5-6-7-8-9-10-11-12-13-14-15-16-17-18-19-20-22(24-3)21-23-2/h22H,4-21H2,1-3H3. The van der Waals surface area contributed by atoms with Crippen molar-refractivity contribution in [1.29, 1.82) is 0 Å². The second kappa shape index (κ2) is 21.7. The van der Waals surface area contributed by atoms with Crippen LogP contribution in [0.4, 0.5) is 0 Å². The average molecular weight is 375 g/mol. The van der Waals surface area contributed by atoms with E-state index in [1.54, 1.807) is 0 Å². The minimum Gasteiger partial charge on any atom is -0.164 e. The third-order valence-electron chi connectivity index (χ3n) is 5.07. The maximum Gasteiger partial charge on any atom is 0.0135 e. The highest BCUT2D eigenvalue weighted by molar-refractivity contribution is 8.02. The van der Waals surface area contributed by atoms with Crippen LogP contribution < -0.4 is 0 Å². The topological polar surface area (TPSA) is 0 Å². The SMILES string of the molecule is CCCCCCCCCCCCCCCCCCC(CSC)SC. The van der Waals surface area contributed by atoms with E-state index < -0.39 is 0 Å². The van der Waals surface area contributed by atoms with Crippen LogP contribution in [0.1, 0.15) is 116 Å². The van der Waals surface area contributed by atoms with E-state index >= 15 is 0 Å². The Morgan fingerprint density at radius 2 is 0.917 bits per heavy atom. The van der Waals surface area contributed by atoms with Gasteiger partial charge in [0.15, 0.2) is 0 Å².